The molecule has 144 valence electrons. The van der Waals surface area contributed by atoms with E-state index in [2.05, 4.69) is 10.6 Å². The van der Waals surface area contributed by atoms with Gasteiger partial charge in [-0.1, -0.05) is 54.6 Å². The number of thiophene rings is 1. The molecule has 0 spiro atoms. The third-order valence-electron chi connectivity index (χ3n) is 4.38. The Morgan fingerprint density at radius 3 is 2.36 bits per heavy atom. The molecule has 1 unspecified atom stereocenters. The van der Waals surface area contributed by atoms with Crippen molar-refractivity contribution in [1.82, 2.24) is 10.6 Å². The molecule has 0 bridgehead atoms. The maximum Gasteiger partial charge on any atom is 0.262 e. The molecule has 0 aliphatic carbocycles. The van der Waals surface area contributed by atoms with Crippen molar-refractivity contribution in [3.8, 4) is 0 Å². The summed E-state index contributed by atoms with van der Waals surface area (Å²) in [5, 5.41) is 7.43. The second kappa shape index (κ2) is 9.28. The van der Waals surface area contributed by atoms with Crippen LogP contribution in [0.3, 0.4) is 0 Å². The maximum atomic E-state index is 14.0. The van der Waals surface area contributed by atoms with Crippen LogP contribution in [0.25, 0.3) is 0 Å². The van der Waals surface area contributed by atoms with Crippen molar-refractivity contribution in [2.45, 2.75) is 25.4 Å². The van der Waals surface area contributed by atoms with Gasteiger partial charge in [0.2, 0.25) is 5.91 Å². The van der Waals surface area contributed by atoms with Crippen molar-refractivity contribution in [3.63, 3.8) is 0 Å². The highest BCUT2D eigenvalue weighted by Crippen LogP contribution is 2.17. The van der Waals surface area contributed by atoms with Crippen LogP contribution in [0.1, 0.15) is 33.8 Å². The molecular formula is C22H21FN2O2S. The molecule has 3 rings (SSSR count). The average molecular weight is 396 g/mol. The Morgan fingerprint density at radius 1 is 0.964 bits per heavy atom. The van der Waals surface area contributed by atoms with Crippen molar-refractivity contribution >= 4 is 23.2 Å². The summed E-state index contributed by atoms with van der Waals surface area (Å²) in [7, 11) is 0. The number of nitrogens with one attached hydrogen (secondary N) is 2. The smallest absolute Gasteiger partial charge is 0.262 e. The lowest BCUT2D eigenvalue weighted by atomic mass is 10.0. The number of carbonyl (C=O) groups is 2. The third-order valence-corrected chi connectivity index (χ3v) is 5.25. The molecule has 2 amide bonds. The van der Waals surface area contributed by atoms with Crippen LogP contribution >= 0.6 is 11.3 Å². The lowest BCUT2D eigenvalue weighted by Gasteiger charge is -2.22. The topological polar surface area (TPSA) is 58.2 Å². The quantitative estimate of drug-likeness (QED) is 0.632. The molecule has 1 aromatic heterocycles. The summed E-state index contributed by atoms with van der Waals surface area (Å²) >= 11 is 1.31. The molecule has 0 saturated heterocycles. The van der Waals surface area contributed by atoms with Crippen molar-refractivity contribution in [2.24, 2.45) is 0 Å². The number of amides is 2. The van der Waals surface area contributed by atoms with Gasteiger partial charge in [0.05, 0.1) is 10.9 Å². The Balaban J connectivity index is 1.75. The van der Waals surface area contributed by atoms with Gasteiger partial charge in [-0.25, -0.2) is 4.39 Å². The number of rotatable bonds is 7. The molecule has 2 atom stereocenters. The summed E-state index contributed by atoms with van der Waals surface area (Å²) < 4.78 is 14.0. The van der Waals surface area contributed by atoms with Crippen LogP contribution in [0, 0.1) is 5.82 Å². The molecule has 6 heteroatoms. The van der Waals surface area contributed by atoms with Crippen molar-refractivity contribution in [2.75, 3.05) is 0 Å². The second-order valence-electron chi connectivity index (χ2n) is 6.44. The van der Waals surface area contributed by atoms with Crippen LogP contribution in [-0.2, 0) is 11.2 Å². The molecule has 0 saturated carbocycles. The summed E-state index contributed by atoms with van der Waals surface area (Å²) in [4.78, 5) is 25.9. The Hall–Kier alpha value is -2.99. The summed E-state index contributed by atoms with van der Waals surface area (Å²) in [6.45, 7) is 1.72. The largest absolute Gasteiger partial charge is 0.348 e. The van der Waals surface area contributed by atoms with Crippen LogP contribution in [-0.4, -0.2) is 17.9 Å². The lowest BCUT2D eigenvalue weighted by molar-refractivity contribution is -0.123. The number of hydrogen-bond donors (Lipinski definition) is 2. The zero-order valence-electron chi connectivity index (χ0n) is 15.4. The maximum absolute atomic E-state index is 14.0. The first-order valence-electron chi connectivity index (χ1n) is 8.97. The van der Waals surface area contributed by atoms with E-state index in [4.69, 9.17) is 0 Å². The van der Waals surface area contributed by atoms with Crippen LogP contribution < -0.4 is 10.6 Å². The summed E-state index contributed by atoms with van der Waals surface area (Å²) in [6, 6.07) is 18.0. The van der Waals surface area contributed by atoms with Gasteiger partial charge in [-0.05, 0) is 30.0 Å². The number of halogens is 1. The van der Waals surface area contributed by atoms with E-state index in [0.29, 0.717) is 16.9 Å². The number of hydrogen-bond acceptors (Lipinski definition) is 3. The van der Waals surface area contributed by atoms with Gasteiger partial charge in [-0.2, -0.15) is 0 Å². The zero-order valence-corrected chi connectivity index (χ0v) is 16.2. The Kier molecular flexibility index (Phi) is 6.55. The fourth-order valence-corrected chi connectivity index (χ4v) is 3.54. The highest BCUT2D eigenvalue weighted by atomic mass is 32.1. The first kappa shape index (κ1) is 19.8. The lowest BCUT2D eigenvalue weighted by Crippen LogP contribution is -2.48. The molecule has 2 N–H and O–H groups in total. The summed E-state index contributed by atoms with van der Waals surface area (Å²) in [6.07, 6.45) is 0.341. The third kappa shape index (κ3) is 5.04. The molecule has 2 aromatic carbocycles. The molecular weight excluding hydrogens is 375 g/mol. The van der Waals surface area contributed by atoms with Gasteiger partial charge in [0.1, 0.15) is 11.9 Å². The van der Waals surface area contributed by atoms with Gasteiger partial charge >= 0.3 is 0 Å². The van der Waals surface area contributed by atoms with E-state index in [-0.39, 0.29) is 17.6 Å². The predicted octanol–water partition coefficient (Wildman–Crippen LogP) is 4.11. The van der Waals surface area contributed by atoms with Gasteiger partial charge in [-0.3, -0.25) is 9.59 Å². The Morgan fingerprint density at radius 2 is 1.68 bits per heavy atom. The minimum Gasteiger partial charge on any atom is -0.348 e. The van der Waals surface area contributed by atoms with E-state index in [1.165, 1.54) is 17.4 Å². The van der Waals surface area contributed by atoms with Gasteiger partial charge in [-0.15, -0.1) is 11.3 Å². The monoisotopic (exact) mass is 396 g/mol. The van der Waals surface area contributed by atoms with Crippen molar-refractivity contribution in [3.05, 3.63) is 93.9 Å². The number of benzene rings is 2. The van der Waals surface area contributed by atoms with Crippen LogP contribution in [0.5, 0.6) is 0 Å². The highest BCUT2D eigenvalue weighted by Gasteiger charge is 2.24. The fraction of sp³-hybridized carbons (Fsp3) is 0.182. The molecule has 1 heterocycles. The summed E-state index contributed by atoms with van der Waals surface area (Å²) in [5.74, 6) is -1.04. The van der Waals surface area contributed by atoms with Gasteiger partial charge in [0.25, 0.3) is 5.91 Å². The van der Waals surface area contributed by atoms with E-state index >= 15 is 0 Å². The van der Waals surface area contributed by atoms with E-state index < -0.39 is 12.1 Å². The van der Waals surface area contributed by atoms with Crippen LogP contribution in [0.15, 0.2) is 72.1 Å². The van der Waals surface area contributed by atoms with E-state index in [1.807, 2.05) is 30.3 Å². The van der Waals surface area contributed by atoms with Crippen LogP contribution in [0.2, 0.25) is 0 Å². The Bertz CT molecular complexity index is 929. The van der Waals surface area contributed by atoms with E-state index in [0.717, 1.165) is 5.56 Å². The van der Waals surface area contributed by atoms with E-state index in [9.17, 15) is 14.0 Å². The van der Waals surface area contributed by atoms with Crippen molar-refractivity contribution in [1.29, 1.82) is 0 Å². The minimum absolute atomic E-state index is 0.301. The molecule has 28 heavy (non-hydrogen) atoms. The SMILES string of the molecule is CC(NC(=O)[C@H](Cc1ccccc1)NC(=O)c1cccs1)c1ccccc1F. The molecule has 0 radical (unpaired) electrons. The van der Waals surface area contributed by atoms with Gasteiger partial charge in [0, 0.05) is 12.0 Å². The molecule has 0 aliphatic rings. The van der Waals surface area contributed by atoms with Gasteiger partial charge in [0.15, 0.2) is 0 Å². The van der Waals surface area contributed by atoms with Crippen LogP contribution in [0.4, 0.5) is 4.39 Å². The second-order valence-corrected chi connectivity index (χ2v) is 7.39. The van der Waals surface area contributed by atoms with E-state index in [1.54, 1.807) is 42.6 Å². The predicted molar refractivity (Wildman–Crippen MR) is 109 cm³/mol. The van der Waals surface area contributed by atoms with Gasteiger partial charge < -0.3 is 10.6 Å². The number of carbonyl (C=O) groups excluding carboxylic acids is 2. The summed E-state index contributed by atoms with van der Waals surface area (Å²) in [5.41, 5.74) is 1.33. The first-order chi connectivity index (χ1) is 13.5. The molecule has 0 aliphatic heterocycles. The normalized spacial score (nSPS) is 12.8. The average Bonchev–Trinajstić information content (AvgIpc) is 3.23. The Labute approximate surface area is 167 Å². The molecule has 3 aromatic rings. The minimum atomic E-state index is -0.772. The molecule has 4 nitrogen and oxygen atoms in total. The standard InChI is InChI=1S/C22H21FN2O2S/c1-15(17-10-5-6-11-18(17)23)24-21(26)19(14-16-8-3-2-4-9-16)25-22(27)20-12-7-13-28-20/h2-13,15,19H,14H2,1H3,(H,24,26)(H,25,27)/t15?,19-/m0/s1. The zero-order chi connectivity index (χ0) is 19.9. The highest BCUT2D eigenvalue weighted by molar-refractivity contribution is 7.12. The van der Waals surface area contributed by atoms with Crippen molar-refractivity contribution < 1.29 is 14.0 Å². The fourth-order valence-electron chi connectivity index (χ4n) is 2.91. The first-order valence-corrected chi connectivity index (χ1v) is 9.85. The molecule has 0 fully saturated rings.